The number of aliphatic hydroxyl groups excluding tert-OH is 1. The second kappa shape index (κ2) is 4.74. The first kappa shape index (κ1) is 9.88. The molecule has 1 atom stereocenters. The van der Waals surface area contributed by atoms with Gasteiger partial charge in [0.1, 0.15) is 6.10 Å². The number of methoxy groups -OCH3 is 1. The van der Waals surface area contributed by atoms with Crippen molar-refractivity contribution in [3.8, 4) is 6.01 Å². The first-order valence-corrected chi connectivity index (χ1v) is 3.97. The van der Waals surface area contributed by atoms with Gasteiger partial charge in [-0.05, 0) is 13.1 Å². The van der Waals surface area contributed by atoms with E-state index in [1.54, 1.807) is 19.3 Å². The maximum absolute atomic E-state index is 9.53. The molecule has 5 nitrogen and oxygen atoms in total. The van der Waals surface area contributed by atoms with E-state index in [1.807, 2.05) is 0 Å². The van der Waals surface area contributed by atoms with E-state index in [1.165, 1.54) is 7.11 Å². The van der Waals surface area contributed by atoms with Gasteiger partial charge in [0.05, 0.1) is 12.8 Å². The fourth-order valence-electron chi connectivity index (χ4n) is 0.936. The van der Waals surface area contributed by atoms with Crippen molar-refractivity contribution >= 4 is 0 Å². The molecule has 0 amide bonds. The van der Waals surface area contributed by atoms with Crippen molar-refractivity contribution in [2.24, 2.45) is 0 Å². The van der Waals surface area contributed by atoms with E-state index in [0.29, 0.717) is 12.2 Å². The summed E-state index contributed by atoms with van der Waals surface area (Å²) in [6.07, 6.45) is 0.932. The van der Waals surface area contributed by atoms with Crippen LogP contribution < -0.4 is 10.1 Å². The van der Waals surface area contributed by atoms with Crippen LogP contribution >= 0.6 is 0 Å². The van der Waals surface area contributed by atoms with E-state index >= 15 is 0 Å². The molecule has 5 heteroatoms. The Kier molecular flexibility index (Phi) is 3.60. The van der Waals surface area contributed by atoms with E-state index in [-0.39, 0.29) is 6.01 Å². The van der Waals surface area contributed by atoms with Crippen molar-refractivity contribution in [1.29, 1.82) is 0 Å². The third-order valence-electron chi connectivity index (χ3n) is 1.58. The van der Waals surface area contributed by atoms with E-state index in [0.717, 1.165) is 0 Å². The second-order valence-corrected chi connectivity index (χ2v) is 2.54. The number of aromatic nitrogens is 2. The second-order valence-electron chi connectivity index (χ2n) is 2.54. The Balaban J connectivity index is 2.75. The van der Waals surface area contributed by atoms with Crippen LogP contribution in [0.3, 0.4) is 0 Å². The molecule has 1 rings (SSSR count). The van der Waals surface area contributed by atoms with Gasteiger partial charge in [-0.1, -0.05) is 0 Å². The third-order valence-corrected chi connectivity index (χ3v) is 1.58. The maximum Gasteiger partial charge on any atom is 0.316 e. The molecule has 1 aromatic heterocycles. The number of nitrogens with zero attached hydrogens (tertiary/aromatic N) is 2. The van der Waals surface area contributed by atoms with E-state index in [2.05, 4.69) is 15.3 Å². The van der Waals surface area contributed by atoms with Crippen molar-refractivity contribution in [2.45, 2.75) is 6.10 Å². The minimum Gasteiger partial charge on any atom is -0.467 e. The molecule has 0 saturated heterocycles. The predicted octanol–water partition coefficient (Wildman–Crippen LogP) is -0.262. The summed E-state index contributed by atoms with van der Waals surface area (Å²) in [5, 5.41) is 12.4. The molecule has 0 aromatic carbocycles. The van der Waals surface area contributed by atoms with Gasteiger partial charge in [0.2, 0.25) is 0 Å². The summed E-state index contributed by atoms with van der Waals surface area (Å²) < 4.78 is 4.83. The van der Waals surface area contributed by atoms with Crippen molar-refractivity contribution in [3.63, 3.8) is 0 Å². The van der Waals surface area contributed by atoms with Gasteiger partial charge in [-0.15, -0.1) is 0 Å². The Morgan fingerprint density at radius 2 is 2.46 bits per heavy atom. The Labute approximate surface area is 76.8 Å². The number of hydrogen-bond donors (Lipinski definition) is 2. The summed E-state index contributed by atoms with van der Waals surface area (Å²) >= 11 is 0. The monoisotopic (exact) mass is 183 g/mol. The van der Waals surface area contributed by atoms with Crippen molar-refractivity contribution in [1.82, 2.24) is 15.3 Å². The summed E-state index contributed by atoms with van der Waals surface area (Å²) in [4.78, 5) is 7.82. The lowest BCUT2D eigenvalue weighted by Gasteiger charge is -2.09. The van der Waals surface area contributed by atoms with Gasteiger partial charge in [-0.2, -0.15) is 4.98 Å². The van der Waals surface area contributed by atoms with Crippen molar-refractivity contribution < 1.29 is 9.84 Å². The topological polar surface area (TPSA) is 67.3 Å². The van der Waals surface area contributed by atoms with Gasteiger partial charge in [-0.25, -0.2) is 4.98 Å². The zero-order chi connectivity index (χ0) is 9.68. The standard InChI is InChI=1S/C8H13N3O2/c1-9-5-7(12)6-3-4-10-8(11-6)13-2/h3-4,7,9,12H,5H2,1-2H3. The minimum absolute atomic E-state index is 0.271. The SMILES string of the molecule is CNCC(O)c1ccnc(OC)n1. The Bertz CT molecular complexity index is 267. The zero-order valence-electron chi connectivity index (χ0n) is 7.69. The quantitative estimate of drug-likeness (QED) is 0.673. The Morgan fingerprint density at radius 1 is 1.69 bits per heavy atom. The summed E-state index contributed by atoms with van der Waals surface area (Å²) in [7, 11) is 3.26. The summed E-state index contributed by atoms with van der Waals surface area (Å²) in [5.41, 5.74) is 0.557. The van der Waals surface area contributed by atoms with Crippen LogP contribution in [0.15, 0.2) is 12.3 Å². The largest absolute Gasteiger partial charge is 0.467 e. The number of hydrogen-bond acceptors (Lipinski definition) is 5. The molecule has 13 heavy (non-hydrogen) atoms. The number of rotatable bonds is 4. The van der Waals surface area contributed by atoms with Crippen LogP contribution in [-0.4, -0.2) is 35.8 Å². The number of aliphatic hydroxyl groups is 1. The molecule has 0 saturated carbocycles. The van der Waals surface area contributed by atoms with E-state index < -0.39 is 6.10 Å². The lowest BCUT2D eigenvalue weighted by molar-refractivity contribution is 0.171. The smallest absolute Gasteiger partial charge is 0.316 e. The molecule has 0 fully saturated rings. The van der Waals surface area contributed by atoms with Gasteiger partial charge in [0, 0.05) is 12.7 Å². The first-order valence-electron chi connectivity index (χ1n) is 3.97. The fourth-order valence-corrected chi connectivity index (χ4v) is 0.936. The highest BCUT2D eigenvalue weighted by atomic mass is 16.5. The lowest BCUT2D eigenvalue weighted by Crippen LogP contribution is -2.17. The third kappa shape index (κ3) is 2.64. The Hall–Kier alpha value is -1.20. The van der Waals surface area contributed by atoms with Gasteiger partial charge < -0.3 is 15.2 Å². The van der Waals surface area contributed by atoms with Crippen LogP contribution in [0, 0.1) is 0 Å². The molecule has 0 radical (unpaired) electrons. The van der Waals surface area contributed by atoms with E-state index in [9.17, 15) is 5.11 Å². The van der Waals surface area contributed by atoms with Crippen LogP contribution in [0.4, 0.5) is 0 Å². The molecular formula is C8H13N3O2. The number of ether oxygens (including phenoxy) is 1. The maximum atomic E-state index is 9.53. The van der Waals surface area contributed by atoms with Crippen LogP contribution in [0.2, 0.25) is 0 Å². The van der Waals surface area contributed by atoms with Gasteiger partial charge >= 0.3 is 6.01 Å². The highest BCUT2D eigenvalue weighted by Crippen LogP contribution is 2.10. The normalized spacial score (nSPS) is 12.5. The first-order chi connectivity index (χ1) is 6.27. The molecule has 0 aliphatic rings. The molecule has 0 aliphatic heterocycles. The number of nitrogens with one attached hydrogen (secondary N) is 1. The molecule has 1 heterocycles. The van der Waals surface area contributed by atoms with E-state index in [4.69, 9.17) is 4.74 Å². The summed E-state index contributed by atoms with van der Waals surface area (Å²) in [5.74, 6) is 0. The van der Waals surface area contributed by atoms with Crippen LogP contribution in [0.25, 0.3) is 0 Å². The van der Waals surface area contributed by atoms with Gasteiger partial charge in [0.25, 0.3) is 0 Å². The molecule has 0 bridgehead atoms. The number of likely N-dealkylation sites (N-methyl/N-ethyl adjacent to an activating group) is 1. The summed E-state index contributed by atoms with van der Waals surface area (Å²) in [6, 6.07) is 1.93. The predicted molar refractivity (Wildman–Crippen MR) is 47.5 cm³/mol. The van der Waals surface area contributed by atoms with Crippen LogP contribution in [0.5, 0.6) is 6.01 Å². The lowest BCUT2D eigenvalue weighted by atomic mass is 10.2. The fraction of sp³-hybridized carbons (Fsp3) is 0.500. The Morgan fingerprint density at radius 3 is 3.08 bits per heavy atom. The molecular weight excluding hydrogens is 170 g/mol. The van der Waals surface area contributed by atoms with Crippen molar-refractivity contribution in [2.75, 3.05) is 20.7 Å². The molecule has 0 spiro atoms. The average molecular weight is 183 g/mol. The molecule has 1 unspecified atom stereocenters. The van der Waals surface area contributed by atoms with Crippen LogP contribution in [0.1, 0.15) is 11.8 Å². The molecule has 2 N–H and O–H groups in total. The highest BCUT2D eigenvalue weighted by molar-refractivity contribution is 5.08. The molecule has 1 aromatic rings. The molecule has 0 aliphatic carbocycles. The van der Waals surface area contributed by atoms with Crippen LogP contribution in [-0.2, 0) is 0 Å². The minimum atomic E-state index is -0.623. The molecule has 72 valence electrons. The average Bonchev–Trinajstić information content (AvgIpc) is 2.18. The highest BCUT2D eigenvalue weighted by Gasteiger charge is 2.08. The van der Waals surface area contributed by atoms with Crippen molar-refractivity contribution in [3.05, 3.63) is 18.0 Å². The summed E-state index contributed by atoms with van der Waals surface area (Å²) in [6.45, 7) is 0.458. The zero-order valence-corrected chi connectivity index (χ0v) is 7.69. The van der Waals surface area contributed by atoms with Gasteiger partial charge in [-0.3, -0.25) is 0 Å². The van der Waals surface area contributed by atoms with Gasteiger partial charge in [0.15, 0.2) is 0 Å².